The number of hydrogen-bond acceptors (Lipinski definition) is 6. The number of nitrogens with one attached hydrogen (secondary N) is 1. The Hall–Kier alpha value is -4.23. The predicted octanol–water partition coefficient (Wildman–Crippen LogP) is 6.33. The summed E-state index contributed by atoms with van der Waals surface area (Å²) in [6.45, 7) is 0.422. The van der Waals surface area contributed by atoms with E-state index in [4.69, 9.17) is 14.2 Å². The van der Waals surface area contributed by atoms with Gasteiger partial charge in [0.15, 0.2) is 16.7 Å². The Morgan fingerprint density at radius 1 is 0.861 bits per heavy atom. The summed E-state index contributed by atoms with van der Waals surface area (Å²) in [4.78, 5) is 17.5. The third-order valence-corrected chi connectivity index (χ3v) is 6.56. The number of rotatable bonds is 7. The van der Waals surface area contributed by atoms with Crippen LogP contribution in [0.5, 0.6) is 17.2 Å². The second-order valence-corrected chi connectivity index (χ2v) is 9.09. The molecule has 0 aliphatic carbocycles. The van der Waals surface area contributed by atoms with Gasteiger partial charge in [0.2, 0.25) is 0 Å². The number of aliphatic imine (C=N–C) groups is 1. The topological polar surface area (TPSA) is 69.2 Å². The monoisotopic (exact) mass is 496 g/mol. The lowest BCUT2D eigenvalue weighted by atomic mass is 10.1. The average molecular weight is 497 g/mol. The molecule has 1 N–H and O–H groups in total. The summed E-state index contributed by atoms with van der Waals surface area (Å²) in [5, 5.41) is 5.71. The highest BCUT2D eigenvalue weighted by molar-refractivity contribution is 8.18. The molecule has 6 nitrogen and oxygen atoms in total. The maximum atomic E-state index is 12.5. The first kappa shape index (κ1) is 23.5. The summed E-state index contributed by atoms with van der Waals surface area (Å²) in [5.74, 6) is 1.79. The third kappa shape index (κ3) is 5.37. The molecule has 7 heteroatoms. The molecule has 1 heterocycles. The van der Waals surface area contributed by atoms with E-state index in [1.54, 1.807) is 14.2 Å². The van der Waals surface area contributed by atoms with E-state index in [-0.39, 0.29) is 5.91 Å². The zero-order valence-corrected chi connectivity index (χ0v) is 20.7. The summed E-state index contributed by atoms with van der Waals surface area (Å²) < 4.78 is 16.8. The third-order valence-electron chi connectivity index (χ3n) is 5.65. The summed E-state index contributed by atoms with van der Waals surface area (Å²) >= 11 is 1.29. The number of nitrogens with zero attached hydrogens (tertiary/aromatic N) is 1. The van der Waals surface area contributed by atoms with E-state index in [2.05, 4.69) is 40.6 Å². The molecule has 5 rings (SSSR count). The van der Waals surface area contributed by atoms with Crippen LogP contribution in [0.2, 0.25) is 0 Å². The number of fused-ring (bicyclic) bond motifs is 1. The molecule has 0 aromatic heterocycles. The highest BCUT2D eigenvalue weighted by atomic mass is 32.2. The number of thioether (sulfide) groups is 1. The molecule has 0 atom stereocenters. The fourth-order valence-electron chi connectivity index (χ4n) is 3.79. The van der Waals surface area contributed by atoms with Crippen LogP contribution in [0, 0.1) is 0 Å². The van der Waals surface area contributed by atoms with Crippen molar-refractivity contribution in [2.75, 3.05) is 14.2 Å². The van der Waals surface area contributed by atoms with Crippen LogP contribution < -0.4 is 19.5 Å². The fraction of sp³-hybridized carbons (Fsp3) is 0.103. The van der Waals surface area contributed by atoms with E-state index in [1.807, 2.05) is 60.7 Å². The molecule has 36 heavy (non-hydrogen) atoms. The molecular formula is C29H24N2O4S. The van der Waals surface area contributed by atoms with Crippen molar-refractivity contribution in [2.45, 2.75) is 6.61 Å². The zero-order chi connectivity index (χ0) is 24.9. The zero-order valence-electron chi connectivity index (χ0n) is 19.9. The largest absolute Gasteiger partial charge is 0.497 e. The molecule has 0 bridgehead atoms. The van der Waals surface area contributed by atoms with Crippen molar-refractivity contribution in [2.24, 2.45) is 4.99 Å². The van der Waals surface area contributed by atoms with Gasteiger partial charge in [-0.05, 0) is 82.2 Å². The normalized spacial score (nSPS) is 15.3. The lowest BCUT2D eigenvalue weighted by molar-refractivity contribution is -0.115. The van der Waals surface area contributed by atoms with E-state index in [9.17, 15) is 4.79 Å². The van der Waals surface area contributed by atoms with Gasteiger partial charge in [-0.2, -0.15) is 0 Å². The molecular weight excluding hydrogens is 472 g/mol. The Morgan fingerprint density at radius 2 is 1.67 bits per heavy atom. The van der Waals surface area contributed by atoms with Crippen LogP contribution in [0.15, 0.2) is 94.8 Å². The average Bonchev–Trinajstić information content (AvgIpc) is 3.26. The number of ether oxygens (including phenoxy) is 3. The molecule has 0 saturated carbocycles. The molecule has 1 amide bonds. The smallest absolute Gasteiger partial charge is 0.264 e. The molecule has 180 valence electrons. The Balaban J connectivity index is 1.29. The van der Waals surface area contributed by atoms with Crippen LogP contribution >= 0.6 is 11.8 Å². The van der Waals surface area contributed by atoms with E-state index in [0.29, 0.717) is 28.2 Å². The second kappa shape index (κ2) is 10.6. The second-order valence-electron chi connectivity index (χ2n) is 8.06. The Morgan fingerprint density at radius 3 is 2.44 bits per heavy atom. The van der Waals surface area contributed by atoms with Gasteiger partial charge in [0.05, 0.1) is 24.8 Å². The van der Waals surface area contributed by atoms with Gasteiger partial charge < -0.3 is 19.5 Å². The van der Waals surface area contributed by atoms with Gasteiger partial charge in [-0.15, -0.1) is 0 Å². The minimum absolute atomic E-state index is 0.192. The minimum atomic E-state index is -0.192. The van der Waals surface area contributed by atoms with Gasteiger partial charge >= 0.3 is 0 Å². The van der Waals surface area contributed by atoms with Crippen LogP contribution in [0.4, 0.5) is 5.69 Å². The number of amides is 1. The van der Waals surface area contributed by atoms with Crippen molar-refractivity contribution in [1.82, 2.24) is 5.32 Å². The van der Waals surface area contributed by atoms with Crippen LogP contribution in [-0.4, -0.2) is 25.3 Å². The first-order valence-electron chi connectivity index (χ1n) is 11.3. The van der Waals surface area contributed by atoms with Crippen molar-refractivity contribution >= 4 is 45.4 Å². The highest BCUT2D eigenvalue weighted by Gasteiger charge is 2.24. The molecule has 0 spiro atoms. The Kier molecular flexibility index (Phi) is 6.91. The van der Waals surface area contributed by atoms with Crippen LogP contribution in [-0.2, 0) is 11.4 Å². The lowest BCUT2D eigenvalue weighted by Crippen LogP contribution is -2.19. The fourth-order valence-corrected chi connectivity index (χ4v) is 4.63. The Bertz CT molecular complexity index is 1480. The number of amidine groups is 1. The first-order valence-corrected chi connectivity index (χ1v) is 12.1. The standard InChI is InChI=1S/C29H24N2O4S/c1-33-24-12-10-23(11-13-24)30-29-31-28(32)27(36-29)17-19-8-14-25(26(16-19)34-2)35-18-20-7-9-21-5-3-4-6-22(21)15-20/h3-17H,18H2,1-2H3,(H,30,31,32)/b27-17+. The summed E-state index contributed by atoms with van der Waals surface area (Å²) in [6.07, 6.45) is 1.81. The number of carbonyl (C=O) groups excluding carboxylic acids is 1. The van der Waals surface area contributed by atoms with Crippen LogP contribution in [0.25, 0.3) is 16.8 Å². The molecule has 0 radical (unpaired) electrons. The van der Waals surface area contributed by atoms with Crippen molar-refractivity contribution in [1.29, 1.82) is 0 Å². The molecule has 1 fully saturated rings. The van der Waals surface area contributed by atoms with Crippen LogP contribution in [0.1, 0.15) is 11.1 Å². The molecule has 4 aromatic carbocycles. The maximum absolute atomic E-state index is 12.5. The molecule has 1 aliphatic rings. The predicted molar refractivity (Wildman–Crippen MR) is 145 cm³/mol. The van der Waals surface area contributed by atoms with Gasteiger partial charge in [0, 0.05) is 0 Å². The number of hydrogen-bond donors (Lipinski definition) is 1. The van der Waals surface area contributed by atoms with E-state index >= 15 is 0 Å². The molecule has 4 aromatic rings. The quantitative estimate of drug-likeness (QED) is 0.303. The van der Waals surface area contributed by atoms with Crippen molar-refractivity contribution in [3.8, 4) is 17.2 Å². The van der Waals surface area contributed by atoms with E-state index in [1.165, 1.54) is 22.5 Å². The highest BCUT2D eigenvalue weighted by Crippen LogP contribution is 2.33. The number of benzene rings is 4. The summed E-state index contributed by atoms with van der Waals surface area (Å²) in [5.41, 5.74) is 2.63. The SMILES string of the molecule is COc1ccc(N=C2NC(=O)/C(=C\c3ccc(OCc4ccc5ccccc5c4)c(OC)c3)S2)cc1. The maximum Gasteiger partial charge on any atom is 0.264 e. The van der Waals surface area contributed by atoms with Gasteiger partial charge in [-0.25, -0.2) is 4.99 Å². The van der Waals surface area contributed by atoms with Gasteiger partial charge in [0.1, 0.15) is 12.4 Å². The minimum Gasteiger partial charge on any atom is -0.497 e. The van der Waals surface area contributed by atoms with Gasteiger partial charge in [0.25, 0.3) is 5.91 Å². The first-order chi connectivity index (χ1) is 17.6. The Labute approximate surface area is 213 Å². The van der Waals surface area contributed by atoms with E-state index in [0.717, 1.165) is 22.6 Å². The van der Waals surface area contributed by atoms with Crippen molar-refractivity contribution in [3.05, 3.63) is 101 Å². The lowest BCUT2D eigenvalue weighted by Gasteiger charge is -2.12. The van der Waals surface area contributed by atoms with E-state index < -0.39 is 0 Å². The van der Waals surface area contributed by atoms with Gasteiger partial charge in [-0.3, -0.25) is 4.79 Å². The van der Waals surface area contributed by atoms with Crippen LogP contribution in [0.3, 0.4) is 0 Å². The number of methoxy groups -OCH3 is 2. The number of carbonyl (C=O) groups is 1. The molecule has 1 aliphatic heterocycles. The summed E-state index contributed by atoms with van der Waals surface area (Å²) in [6, 6.07) is 27.5. The van der Waals surface area contributed by atoms with Crippen molar-refractivity contribution < 1.29 is 19.0 Å². The summed E-state index contributed by atoms with van der Waals surface area (Å²) in [7, 11) is 3.22. The van der Waals surface area contributed by atoms with Gasteiger partial charge in [-0.1, -0.05) is 42.5 Å². The molecule has 1 saturated heterocycles. The molecule has 0 unspecified atom stereocenters. The van der Waals surface area contributed by atoms with Crippen molar-refractivity contribution in [3.63, 3.8) is 0 Å².